The smallest absolute Gasteiger partial charge is 0.270 e. The highest BCUT2D eigenvalue weighted by atomic mass is 32.2. The fourth-order valence-corrected chi connectivity index (χ4v) is 6.25. The third-order valence-electron chi connectivity index (χ3n) is 7.54. The van der Waals surface area contributed by atoms with Crippen LogP contribution in [-0.2, 0) is 26.0 Å². The van der Waals surface area contributed by atoms with Crippen molar-refractivity contribution in [2.75, 3.05) is 19.2 Å². The van der Waals surface area contributed by atoms with E-state index in [1.165, 1.54) is 23.1 Å². The average Bonchev–Trinajstić information content (AvgIpc) is 3.54. The Morgan fingerprint density at radius 3 is 2.38 bits per heavy atom. The summed E-state index contributed by atoms with van der Waals surface area (Å²) in [5.41, 5.74) is -2.43. The lowest BCUT2D eigenvalue weighted by Gasteiger charge is -2.39. The molecule has 0 radical (unpaired) electrons. The molecule has 196 valence electrons. The molecule has 3 fully saturated rings. The maximum atomic E-state index is 15.7. The minimum absolute atomic E-state index is 0.0316. The van der Waals surface area contributed by atoms with E-state index < -0.39 is 62.5 Å². The number of amides is 1. The fraction of sp³-hybridized carbons (Fsp3) is 0.440. The second kappa shape index (κ2) is 9.08. The zero-order valence-electron chi connectivity index (χ0n) is 19.5. The van der Waals surface area contributed by atoms with Crippen molar-refractivity contribution in [3.8, 4) is 17.2 Å². The van der Waals surface area contributed by atoms with Crippen LogP contribution in [0.4, 0.5) is 17.6 Å². The Morgan fingerprint density at radius 2 is 1.84 bits per heavy atom. The third-order valence-corrected chi connectivity index (χ3v) is 8.44. The summed E-state index contributed by atoms with van der Waals surface area (Å²) in [5, 5.41) is 9.63. The van der Waals surface area contributed by atoms with Crippen LogP contribution in [0.25, 0.3) is 11.1 Å². The molecule has 2 aromatic rings. The van der Waals surface area contributed by atoms with Gasteiger partial charge in [0.1, 0.15) is 23.5 Å². The number of sulfonamides is 1. The van der Waals surface area contributed by atoms with Gasteiger partial charge in [0.15, 0.2) is 0 Å². The van der Waals surface area contributed by atoms with Crippen molar-refractivity contribution in [2.24, 2.45) is 5.41 Å². The predicted molar refractivity (Wildman–Crippen MR) is 123 cm³/mol. The molecule has 2 aliphatic heterocycles. The first-order valence-corrected chi connectivity index (χ1v) is 13.3. The molecule has 5 rings (SSSR count). The highest BCUT2D eigenvalue weighted by molar-refractivity contribution is 7.89. The van der Waals surface area contributed by atoms with E-state index in [1.807, 2.05) is 6.07 Å². The molecule has 2 aromatic carbocycles. The van der Waals surface area contributed by atoms with Crippen LogP contribution < -0.4 is 4.72 Å². The van der Waals surface area contributed by atoms with Crippen LogP contribution in [0.15, 0.2) is 36.4 Å². The van der Waals surface area contributed by atoms with Gasteiger partial charge in [-0.15, -0.1) is 0 Å². The summed E-state index contributed by atoms with van der Waals surface area (Å²) in [6.45, 7) is 0.306. The predicted octanol–water partition coefficient (Wildman–Crippen LogP) is 3.20. The summed E-state index contributed by atoms with van der Waals surface area (Å²) in [4.78, 5) is 14.8. The van der Waals surface area contributed by atoms with E-state index in [-0.39, 0.29) is 42.7 Å². The SMILES string of the molecule is N#C[C@@]1(C(=O)N2CC3(CC3)[C@H](NS(=O)(=O)CF)[C@@H]2Cc2cccc(-c3cc(F)cc(F)c3)c2F)CCO1. The molecular weight excluding hydrogens is 514 g/mol. The lowest BCUT2D eigenvalue weighted by Crippen LogP contribution is -2.59. The van der Waals surface area contributed by atoms with Crippen molar-refractivity contribution in [3.63, 3.8) is 0 Å². The number of hydrogen-bond acceptors (Lipinski definition) is 5. The van der Waals surface area contributed by atoms with Gasteiger partial charge in [-0.3, -0.25) is 4.79 Å². The number of nitrogens with one attached hydrogen (secondary N) is 1. The second-order valence-corrected chi connectivity index (χ2v) is 11.5. The monoisotopic (exact) mass is 537 g/mol. The standard InChI is InChI=1S/C25H23F4N3O4S/c26-14-37(34,35)31-22-20(32(13-24(22)4-5-24)23(33)25(12-30)6-7-36-25)10-15-2-1-3-19(21(15)29)16-8-17(27)11-18(28)9-16/h1-3,8-9,11,20,22,31H,4-7,10,13-14H2/t20-,22+,25+/m0/s1. The number of nitrogens with zero attached hydrogens (tertiary/aromatic N) is 2. The van der Waals surface area contributed by atoms with Gasteiger partial charge < -0.3 is 9.64 Å². The lowest BCUT2D eigenvalue weighted by atomic mass is 9.90. The Kier molecular flexibility index (Phi) is 6.29. The van der Waals surface area contributed by atoms with Crippen LogP contribution in [0.1, 0.15) is 24.8 Å². The molecule has 1 aliphatic carbocycles. The maximum Gasteiger partial charge on any atom is 0.270 e. The van der Waals surface area contributed by atoms with Gasteiger partial charge in [-0.25, -0.2) is 30.7 Å². The molecule has 1 spiro atoms. The van der Waals surface area contributed by atoms with Crippen LogP contribution in [0.5, 0.6) is 0 Å². The molecule has 1 amide bonds. The number of benzene rings is 2. The van der Waals surface area contributed by atoms with Crippen molar-refractivity contribution in [3.05, 3.63) is 59.4 Å². The van der Waals surface area contributed by atoms with Gasteiger partial charge in [0.2, 0.25) is 21.6 Å². The van der Waals surface area contributed by atoms with E-state index in [0.717, 1.165) is 12.1 Å². The first kappa shape index (κ1) is 25.6. The molecule has 0 unspecified atom stereocenters. The van der Waals surface area contributed by atoms with E-state index in [1.54, 1.807) is 0 Å². The molecule has 0 aromatic heterocycles. The first-order valence-electron chi connectivity index (χ1n) is 11.7. The number of ether oxygens (including phenoxy) is 1. The molecule has 2 saturated heterocycles. The number of hydrogen-bond donors (Lipinski definition) is 1. The molecule has 3 aliphatic rings. The Morgan fingerprint density at radius 1 is 1.16 bits per heavy atom. The molecule has 7 nitrogen and oxygen atoms in total. The molecular formula is C25H23F4N3O4S. The molecule has 0 bridgehead atoms. The van der Waals surface area contributed by atoms with Crippen molar-refractivity contribution >= 4 is 15.9 Å². The number of halogens is 4. The largest absolute Gasteiger partial charge is 0.352 e. The van der Waals surface area contributed by atoms with Crippen LogP contribution in [0.2, 0.25) is 0 Å². The van der Waals surface area contributed by atoms with E-state index in [9.17, 15) is 31.6 Å². The Hall–Kier alpha value is -3.01. The summed E-state index contributed by atoms with van der Waals surface area (Å²) in [6.07, 6.45) is 1.08. The summed E-state index contributed by atoms with van der Waals surface area (Å²) in [5.74, 6) is -3.21. The molecule has 37 heavy (non-hydrogen) atoms. The van der Waals surface area contributed by atoms with Crippen molar-refractivity contribution in [1.29, 1.82) is 5.26 Å². The minimum atomic E-state index is -4.34. The summed E-state index contributed by atoms with van der Waals surface area (Å²) >= 11 is 0. The van der Waals surface area contributed by atoms with Crippen molar-refractivity contribution < 1.29 is 35.5 Å². The summed E-state index contributed by atoms with van der Waals surface area (Å²) in [6, 6.07) is 5.23. The number of carbonyl (C=O) groups is 1. The Balaban J connectivity index is 1.55. The van der Waals surface area contributed by atoms with Gasteiger partial charge >= 0.3 is 0 Å². The molecule has 1 N–H and O–H groups in total. The summed E-state index contributed by atoms with van der Waals surface area (Å²) < 4.78 is 88.7. The zero-order chi connectivity index (χ0) is 26.6. The molecule has 1 saturated carbocycles. The molecule has 2 heterocycles. The normalized spacial score (nSPS) is 26.1. The zero-order valence-corrected chi connectivity index (χ0v) is 20.3. The number of likely N-dealkylation sites (tertiary alicyclic amines) is 1. The van der Waals surface area contributed by atoms with E-state index in [0.29, 0.717) is 18.9 Å². The number of carbonyl (C=O) groups excluding carboxylic acids is 1. The van der Waals surface area contributed by atoms with Crippen LogP contribution in [-0.4, -0.2) is 56.1 Å². The molecule has 3 atom stereocenters. The fourth-order valence-electron chi connectivity index (χ4n) is 5.39. The lowest BCUT2D eigenvalue weighted by molar-refractivity contribution is -0.172. The average molecular weight is 538 g/mol. The van der Waals surface area contributed by atoms with Gasteiger partial charge in [0, 0.05) is 36.1 Å². The number of rotatable bonds is 7. The first-order chi connectivity index (χ1) is 17.5. The van der Waals surface area contributed by atoms with Gasteiger partial charge in [-0.05, 0) is 42.5 Å². The minimum Gasteiger partial charge on any atom is -0.352 e. The Labute approximate surface area is 211 Å². The number of alkyl halides is 1. The third kappa shape index (κ3) is 4.49. The van der Waals surface area contributed by atoms with E-state index in [2.05, 4.69) is 4.72 Å². The summed E-state index contributed by atoms with van der Waals surface area (Å²) in [7, 11) is -4.34. The second-order valence-electron chi connectivity index (χ2n) is 9.86. The van der Waals surface area contributed by atoms with Crippen LogP contribution in [0.3, 0.4) is 0 Å². The quantitative estimate of drug-likeness (QED) is 0.547. The van der Waals surface area contributed by atoms with Gasteiger partial charge in [0.25, 0.3) is 5.91 Å². The highest BCUT2D eigenvalue weighted by Crippen LogP contribution is 2.56. The maximum absolute atomic E-state index is 15.7. The topological polar surface area (TPSA) is 99.5 Å². The van der Waals surface area contributed by atoms with Crippen LogP contribution in [0, 0.1) is 34.2 Å². The highest BCUT2D eigenvalue weighted by Gasteiger charge is 2.64. The van der Waals surface area contributed by atoms with Crippen molar-refractivity contribution in [2.45, 2.75) is 43.4 Å². The van der Waals surface area contributed by atoms with Gasteiger partial charge in [-0.2, -0.15) is 5.26 Å². The molecule has 12 heteroatoms. The van der Waals surface area contributed by atoms with E-state index in [4.69, 9.17) is 4.74 Å². The van der Waals surface area contributed by atoms with Crippen LogP contribution >= 0.6 is 0 Å². The van der Waals surface area contributed by atoms with Crippen molar-refractivity contribution in [1.82, 2.24) is 9.62 Å². The van der Waals surface area contributed by atoms with Gasteiger partial charge in [0.05, 0.1) is 12.6 Å². The Bertz CT molecular complexity index is 1380. The van der Waals surface area contributed by atoms with Gasteiger partial charge in [-0.1, -0.05) is 18.2 Å². The van der Waals surface area contributed by atoms with E-state index >= 15 is 4.39 Å². The number of nitriles is 1.